The Morgan fingerprint density at radius 1 is 1.39 bits per heavy atom. The molecule has 3 N–H and O–H groups in total. The fourth-order valence-electron chi connectivity index (χ4n) is 2.02. The summed E-state index contributed by atoms with van der Waals surface area (Å²) in [5, 5.41) is 15.5. The third-order valence-corrected chi connectivity index (χ3v) is 3.81. The molecule has 0 aliphatic heterocycles. The summed E-state index contributed by atoms with van der Waals surface area (Å²) in [4.78, 5) is 15.9. The molecule has 1 aromatic carbocycles. The van der Waals surface area contributed by atoms with Gasteiger partial charge in [-0.2, -0.15) is 0 Å². The van der Waals surface area contributed by atoms with Gasteiger partial charge in [0.05, 0.1) is 11.3 Å². The van der Waals surface area contributed by atoms with Crippen LogP contribution in [0.1, 0.15) is 42.1 Å². The highest BCUT2D eigenvalue weighted by atomic mass is 32.1. The van der Waals surface area contributed by atoms with E-state index in [2.05, 4.69) is 29.5 Å². The number of nitrogens with one attached hydrogen (secondary N) is 2. The minimum atomic E-state index is -0.354. The van der Waals surface area contributed by atoms with Gasteiger partial charge in [-0.15, -0.1) is 0 Å². The van der Waals surface area contributed by atoms with Crippen LogP contribution >= 0.6 is 12.2 Å². The minimum absolute atomic E-state index is 0.0787. The van der Waals surface area contributed by atoms with Crippen molar-refractivity contribution in [2.45, 2.75) is 26.2 Å². The summed E-state index contributed by atoms with van der Waals surface area (Å²) in [6.45, 7) is 4.21. The molecule has 0 unspecified atom stereocenters. The molecular formula is C17H19N3O2S. The van der Waals surface area contributed by atoms with Crippen molar-refractivity contribution >= 4 is 28.9 Å². The Balaban J connectivity index is 2.07. The molecule has 2 aromatic rings. The van der Waals surface area contributed by atoms with Crippen LogP contribution in [0.3, 0.4) is 0 Å². The second-order valence-electron chi connectivity index (χ2n) is 5.24. The quantitative estimate of drug-likeness (QED) is 0.592. The lowest BCUT2D eigenvalue weighted by molar-refractivity contribution is 0.0977. The summed E-state index contributed by atoms with van der Waals surface area (Å²) in [7, 11) is 0. The lowest BCUT2D eigenvalue weighted by Gasteiger charge is -2.14. The van der Waals surface area contributed by atoms with E-state index in [1.165, 1.54) is 6.20 Å². The van der Waals surface area contributed by atoms with Crippen molar-refractivity contribution in [1.82, 2.24) is 10.3 Å². The van der Waals surface area contributed by atoms with Crippen LogP contribution in [0, 0.1) is 0 Å². The second-order valence-corrected chi connectivity index (χ2v) is 5.64. The fourth-order valence-corrected chi connectivity index (χ4v) is 2.22. The summed E-state index contributed by atoms with van der Waals surface area (Å²) in [5.74, 6) is 0.0953. The number of aromatic nitrogens is 1. The van der Waals surface area contributed by atoms with Crippen molar-refractivity contribution in [2.24, 2.45) is 0 Å². The van der Waals surface area contributed by atoms with Crippen LogP contribution in [-0.2, 0) is 0 Å². The summed E-state index contributed by atoms with van der Waals surface area (Å²) >= 11 is 5.13. The van der Waals surface area contributed by atoms with Gasteiger partial charge in [0, 0.05) is 12.4 Å². The molecule has 6 heteroatoms. The molecule has 1 amide bonds. The van der Waals surface area contributed by atoms with Crippen molar-refractivity contribution in [3.8, 4) is 5.75 Å². The molecule has 0 spiro atoms. The van der Waals surface area contributed by atoms with E-state index < -0.39 is 0 Å². The maximum Gasteiger partial charge on any atom is 0.258 e. The lowest BCUT2D eigenvalue weighted by atomic mass is 9.98. The van der Waals surface area contributed by atoms with Gasteiger partial charge in [0.15, 0.2) is 5.11 Å². The molecule has 0 saturated carbocycles. The van der Waals surface area contributed by atoms with Gasteiger partial charge in [0.2, 0.25) is 0 Å². The van der Waals surface area contributed by atoms with Crippen molar-refractivity contribution in [3.05, 3.63) is 53.9 Å². The SMILES string of the molecule is CC[C@H](C)c1ccc(O)c(NC(=S)NC(=O)c2cccnc2)c1. The summed E-state index contributed by atoms with van der Waals surface area (Å²) < 4.78 is 0. The van der Waals surface area contributed by atoms with Gasteiger partial charge in [-0.05, 0) is 54.4 Å². The van der Waals surface area contributed by atoms with Crippen LogP contribution in [-0.4, -0.2) is 21.1 Å². The third-order valence-electron chi connectivity index (χ3n) is 3.60. The number of amides is 1. The van der Waals surface area contributed by atoms with E-state index in [1.54, 1.807) is 24.4 Å². The van der Waals surface area contributed by atoms with Crippen LogP contribution in [0.4, 0.5) is 5.69 Å². The number of hydrogen-bond donors (Lipinski definition) is 3. The van der Waals surface area contributed by atoms with Gasteiger partial charge in [0.1, 0.15) is 5.75 Å². The number of pyridine rings is 1. The highest BCUT2D eigenvalue weighted by Crippen LogP contribution is 2.28. The van der Waals surface area contributed by atoms with Gasteiger partial charge in [-0.25, -0.2) is 0 Å². The molecule has 0 saturated heterocycles. The molecule has 1 aromatic heterocycles. The number of hydrogen-bond acceptors (Lipinski definition) is 4. The average Bonchev–Trinajstić information content (AvgIpc) is 2.56. The number of carbonyl (C=O) groups is 1. The number of thiocarbonyl (C=S) groups is 1. The number of benzene rings is 1. The predicted molar refractivity (Wildman–Crippen MR) is 94.7 cm³/mol. The fraction of sp³-hybridized carbons (Fsp3) is 0.235. The van der Waals surface area contributed by atoms with Gasteiger partial charge < -0.3 is 10.4 Å². The Morgan fingerprint density at radius 2 is 2.17 bits per heavy atom. The number of carbonyl (C=O) groups excluding carboxylic acids is 1. The first-order valence-corrected chi connectivity index (χ1v) is 7.77. The van der Waals surface area contributed by atoms with Crippen molar-refractivity contribution < 1.29 is 9.90 Å². The van der Waals surface area contributed by atoms with Gasteiger partial charge in [-0.3, -0.25) is 15.1 Å². The summed E-state index contributed by atoms with van der Waals surface area (Å²) in [6.07, 6.45) is 4.04. The molecule has 1 heterocycles. The molecular weight excluding hydrogens is 310 g/mol. The first-order valence-electron chi connectivity index (χ1n) is 7.36. The summed E-state index contributed by atoms with van der Waals surface area (Å²) in [5.41, 5.74) is 1.97. The number of phenols is 1. The topological polar surface area (TPSA) is 74.2 Å². The Morgan fingerprint density at radius 3 is 2.83 bits per heavy atom. The van der Waals surface area contributed by atoms with E-state index in [4.69, 9.17) is 12.2 Å². The molecule has 0 bridgehead atoms. The molecule has 0 aliphatic carbocycles. The number of aromatic hydroxyl groups is 1. The highest BCUT2D eigenvalue weighted by Gasteiger charge is 2.11. The van der Waals surface area contributed by atoms with E-state index in [9.17, 15) is 9.90 Å². The predicted octanol–water partition coefficient (Wildman–Crippen LogP) is 3.43. The first kappa shape index (κ1) is 16.9. The first-order chi connectivity index (χ1) is 11.0. The monoisotopic (exact) mass is 329 g/mol. The molecule has 1 atom stereocenters. The maximum atomic E-state index is 12.0. The van der Waals surface area contributed by atoms with Crippen LogP contribution < -0.4 is 10.6 Å². The lowest BCUT2D eigenvalue weighted by Crippen LogP contribution is -2.34. The van der Waals surface area contributed by atoms with E-state index in [0.29, 0.717) is 17.2 Å². The van der Waals surface area contributed by atoms with E-state index in [-0.39, 0.29) is 16.8 Å². The second kappa shape index (κ2) is 7.69. The highest BCUT2D eigenvalue weighted by molar-refractivity contribution is 7.80. The van der Waals surface area contributed by atoms with Gasteiger partial charge in [-0.1, -0.05) is 19.9 Å². The van der Waals surface area contributed by atoms with E-state index in [0.717, 1.165) is 12.0 Å². The molecule has 0 fully saturated rings. The van der Waals surface area contributed by atoms with Crippen molar-refractivity contribution in [1.29, 1.82) is 0 Å². The summed E-state index contributed by atoms with van der Waals surface area (Å²) in [6, 6.07) is 8.66. The largest absolute Gasteiger partial charge is 0.506 e. The average molecular weight is 329 g/mol. The van der Waals surface area contributed by atoms with Crippen LogP contribution in [0.15, 0.2) is 42.7 Å². The van der Waals surface area contributed by atoms with Crippen molar-refractivity contribution in [3.63, 3.8) is 0 Å². The van der Waals surface area contributed by atoms with E-state index in [1.807, 2.05) is 12.1 Å². The molecule has 5 nitrogen and oxygen atoms in total. The number of rotatable bonds is 4. The molecule has 2 rings (SSSR count). The standard InChI is InChI=1S/C17H19N3O2S/c1-3-11(2)12-6-7-15(21)14(9-12)19-17(23)20-16(22)13-5-4-8-18-10-13/h4-11,21H,3H2,1-2H3,(H2,19,20,22,23)/t11-/m0/s1. The normalized spacial score (nSPS) is 11.6. The van der Waals surface area contributed by atoms with E-state index >= 15 is 0 Å². The van der Waals surface area contributed by atoms with Crippen LogP contribution in [0.5, 0.6) is 5.75 Å². The smallest absolute Gasteiger partial charge is 0.258 e. The Bertz CT molecular complexity index is 704. The number of nitrogens with zero attached hydrogens (tertiary/aromatic N) is 1. The Kier molecular flexibility index (Phi) is 5.65. The third kappa shape index (κ3) is 4.50. The maximum absolute atomic E-state index is 12.0. The zero-order valence-corrected chi connectivity index (χ0v) is 13.9. The molecule has 23 heavy (non-hydrogen) atoms. The van der Waals surface area contributed by atoms with Gasteiger partial charge in [0.25, 0.3) is 5.91 Å². The number of anilines is 1. The van der Waals surface area contributed by atoms with Crippen LogP contribution in [0.25, 0.3) is 0 Å². The molecule has 0 aliphatic rings. The zero-order valence-electron chi connectivity index (χ0n) is 13.0. The van der Waals surface area contributed by atoms with Crippen molar-refractivity contribution in [2.75, 3.05) is 5.32 Å². The Hall–Kier alpha value is -2.47. The zero-order chi connectivity index (χ0) is 16.8. The van der Waals surface area contributed by atoms with Crippen LogP contribution in [0.2, 0.25) is 0 Å². The molecule has 0 radical (unpaired) electrons. The number of phenolic OH excluding ortho intramolecular Hbond substituents is 1. The van der Waals surface area contributed by atoms with Gasteiger partial charge >= 0.3 is 0 Å². The minimum Gasteiger partial charge on any atom is -0.506 e. The Labute approximate surface area is 140 Å². The molecule has 120 valence electrons.